The summed E-state index contributed by atoms with van der Waals surface area (Å²) in [6.07, 6.45) is 0. The molecule has 4 rings (SSSR count). The van der Waals surface area contributed by atoms with Gasteiger partial charge in [-0.15, -0.1) is 0 Å². The standard InChI is InChI=1S/C13H8O2.C6H4F2O3S/c14-13-9-5-1-3-7-11(9)15-12-8-4-2-6-10(12)13;7-4-1-2-6(5(8)3-4)12(9,10)11/h1-8H;1-3H,(H,9,10,11). The highest BCUT2D eigenvalue weighted by atomic mass is 32.2. The normalized spacial score (nSPS) is 11.2. The fourth-order valence-electron chi connectivity index (χ4n) is 2.43. The van der Waals surface area contributed by atoms with E-state index in [-0.39, 0.29) is 5.43 Å². The molecule has 8 heteroatoms. The zero-order valence-electron chi connectivity index (χ0n) is 13.6. The van der Waals surface area contributed by atoms with Gasteiger partial charge in [0.25, 0.3) is 10.1 Å². The summed E-state index contributed by atoms with van der Waals surface area (Å²) < 4.78 is 59.5. The Morgan fingerprint density at radius 3 is 1.81 bits per heavy atom. The summed E-state index contributed by atoms with van der Waals surface area (Å²) in [6, 6.07) is 16.4. The lowest BCUT2D eigenvalue weighted by Crippen LogP contribution is -2.01. The van der Waals surface area contributed by atoms with Crippen LogP contribution in [0.4, 0.5) is 8.78 Å². The molecule has 4 aromatic rings. The van der Waals surface area contributed by atoms with Gasteiger partial charge in [0.05, 0.1) is 10.8 Å². The molecule has 0 spiro atoms. The molecule has 0 aliphatic carbocycles. The number of fused-ring (bicyclic) bond motifs is 2. The fourth-order valence-corrected chi connectivity index (χ4v) is 2.98. The molecule has 0 fully saturated rings. The van der Waals surface area contributed by atoms with Gasteiger partial charge in [-0.1, -0.05) is 24.3 Å². The van der Waals surface area contributed by atoms with Gasteiger partial charge in [0.1, 0.15) is 27.7 Å². The Labute approximate surface area is 152 Å². The molecule has 0 unspecified atom stereocenters. The van der Waals surface area contributed by atoms with Crippen molar-refractivity contribution >= 4 is 32.1 Å². The largest absolute Gasteiger partial charge is 0.456 e. The molecule has 0 aliphatic heterocycles. The second-order valence-electron chi connectivity index (χ2n) is 5.47. The molecule has 1 aromatic heterocycles. The van der Waals surface area contributed by atoms with Crippen LogP contribution >= 0.6 is 0 Å². The van der Waals surface area contributed by atoms with E-state index in [0.29, 0.717) is 34.1 Å². The SMILES string of the molecule is O=S(=O)(O)c1ccc(F)cc1F.O=c1c2ccccc2oc2ccccc12. The second kappa shape index (κ2) is 7.26. The van der Waals surface area contributed by atoms with Gasteiger partial charge in [-0.2, -0.15) is 8.42 Å². The van der Waals surface area contributed by atoms with E-state index in [1.54, 1.807) is 12.1 Å². The summed E-state index contributed by atoms with van der Waals surface area (Å²) in [6.45, 7) is 0. The van der Waals surface area contributed by atoms with Crippen LogP contribution in [0.3, 0.4) is 0 Å². The number of hydrogen-bond acceptors (Lipinski definition) is 4. The minimum absolute atomic E-state index is 0.0347. The Hall–Kier alpha value is -3.10. The maximum absolute atomic E-state index is 12.6. The van der Waals surface area contributed by atoms with Crippen molar-refractivity contribution < 1.29 is 26.2 Å². The molecule has 0 saturated carbocycles. The van der Waals surface area contributed by atoms with Crippen LogP contribution in [0, 0.1) is 11.6 Å². The van der Waals surface area contributed by atoms with Crippen LogP contribution in [0.1, 0.15) is 0 Å². The van der Waals surface area contributed by atoms with Gasteiger partial charge in [-0.05, 0) is 36.4 Å². The molecule has 3 aromatic carbocycles. The Morgan fingerprint density at radius 2 is 1.33 bits per heavy atom. The maximum Gasteiger partial charge on any atom is 0.297 e. The summed E-state index contributed by atoms with van der Waals surface area (Å²) in [7, 11) is -4.59. The van der Waals surface area contributed by atoms with Gasteiger partial charge in [0.15, 0.2) is 0 Å². The highest BCUT2D eigenvalue weighted by Crippen LogP contribution is 2.17. The molecule has 138 valence electrons. The van der Waals surface area contributed by atoms with Gasteiger partial charge < -0.3 is 4.42 Å². The predicted octanol–water partition coefficient (Wildman–Crippen LogP) is 4.16. The zero-order chi connectivity index (χ0) is 19.6. The molecule has 1 heterocycles. The highest BCUT2D eigenvalue weighted by Gasteiger charge is 2.15. The number of para-hydroxylation sites is 2. The molecule has 0 aliphatic rings. The summed E-state index contributed by atoms with van der Waals surface area (Å²) in [4.78, 5) is 11.1. The summed E-state index contributed by atoms with van der Waals surface area (Å²) >= 11 is 0. The molecular weight excluding hydrogens is 378 g/mol. The number of halogens is 2. The Balaban J connectivity index is 0.000000161. The first-order valence-electron chi connectivity index (χ1n) is 7.60. The van der Waals surface area contributed by atoms with Crippen LogP contribution in [0.2, 0.25) is 0 Å². The smallest absolute Gasteiger partial charge is 0.297 e. The molecule has 27 heavy (non-hydrogen) atoms. The topological polar surface area (TPSA) is 84.6 Å². The van der Waals surface area contributed by atoms with Gasteiger partial charge in [0.2, 0.25) is 5.43 Å². The third-order valence-corrected chi connectivity index (χ3v) is 4.54. The highest BCUT2D eigenvalue weighted by molar-refractivity contribution is 7.85. The average molecular weight is 390 g/mol. The van der Waals surface area contributed by atoms with Crippen LogP contribution in [0.15, 0.2) is 80.8 Å². The van der Waals surface area contributed by atoms with E-state index in [0.717, 1.165) is 6.07 Å². The first-order chi connectivity index (χ1) is 12.8. The van der Waals surface area contributed by atoms with Crippen molar-refractivity contribution in [3.63, 3.8) is 0 Å². The van der Waals surface area contributed by atoms with Crippen LogP contribution in [-0.2, 0) is 10.1 Å². The minimum atomic E-state index is -4.59. The molecule has 0 bridgehead atoms. The van der Waals surface area contributed by atoms with Crippen LogP contribution in [-0.4, -0.2) is 13.0 Å². The number of rotatable bonds is 1. The second-order valence-corrected chi connectivity index (χ2v) is 6.86. The first kappa shape index (κ1) is 18.7. The van der Waals surface area contributed by atoms with E-state index in [1.807, 2.05) is 36.4 Å². The Morgan fingerprint density at radius 1 is 0.815 bits per heavy atom. The van der Waals surface area contributed by atoms with Gasteiger partial charge in [-0.25, -0.2) is 8.78 Å². The van der Waals surface area contributed by atoms with Gasteiger partial charge in [-0.3, -0.25) is 9.35 Å². The van der Waals surface area contributed by atoms with Crippen molar-refractivity contribution in [3.05, 3.63) is 88.6 Å². The minimum Gasteiger partial charge on any atom is -0.456 e. The van der Waals surface area contributed by atoms with Crippen molar-refractivity contribution in [3.8, 4) is 0 Å². The fraction of sp³-hybridized carbons (Fsp3) is 0. The lowest BCUT2D eigenvalue weighted by atomic mass is 10.1. The molecular formula is C19H12F2O5S. The quantitative estimate of drug-likeness (QED) is 0.390. The molecule has 5 nitrogen and oxygen atoms in total. The van der Waals surface area contributed by atoms with Crippen molar-refractivity contribution in [2.45, 2.75) is 4.90 Å². The van der Waals surface area contributed by atoms with Gasteiger partial charge in [0, 0.05) is 6.07 Å². The predicted molar refractivity (Wildman–Crippen MR) is 96.2 cm³/mol. The van der Waals surface area contributed by atoms with Crippen molar-refractivity contribution in [1.29, 1.82) is 0 Å². The molecule has 0 atom stereocenters. The lowest BCUT2D eigenvalue weighted by molar-refractivity contribution is 0.471. The lowest BCUT2D eigenvalue weighted by Gasteiger charge is -1.99. The summed E-state index contributed by atoms with van der Waals surface area (Å²) in [5.41, 5.74) is 1.31. The van der Waals surface area contributed by atoms with Crippen LogP contribution in [0.5, 0.6) is 0 Å². The monoisotopic (exact) mass is 390 g/mol. The van der Waals surface area contributed by atoms with E-state index < -0.39 is 26.6 Å². The molecule has 0 radical (unpaired) electrons. The third kappa shape index (κ3) is 4.02. The molecule has 1 N–H and O–H groups in total. The zero-order valence-corrected chi connectivity index (χ0v) is 14.4. The molecule has 0 saturated heterocycles. The average Bonchev–Trinajstić information content (AvgIpc) is 2.61. The van der Waals surface area contributed by atoms with E-state index in [2.05, 4.69) is 0 Å². The number of benzene rings is 3. The van der Waals surface area contributed by atoms with Crippen molar-refractivity contribution in [2.75, 3.05) is 0 Å². The third-order valence-electron chi connectivity index (χ3n) is 3.66. The maximum atomic E-state index is 12.6. The van der Waals surface area contributed by atoms with Gasteiger partial charge >= 0.3 is 0 Å². The van der Waals surface area contributed by atoms with E-state index >= 15 is 0 Å². The summed E-state index contributed by atoms with van der Waals surface area (Å²) in [5.74, 6) is -2.21. The molecule has 0 amide bonds. The first-order valence-corrected chi connectivity index (χ1v) is 9.04. The van der Waals surface area contributed by atoms with Crippen molar-refractivity contribution in [1.82, 2.24) is 0 Å². The Kier molecular flexibility index (Phi) is 5.02. The van der Waals surface area contributed by atoms with Crippen LogP contribution in [0.25, 0.3) is 21.9 Å². The van der Waals surface area contributed by atoms with E-state index in [4.69, 9.17) is 8.97 Å². The Bertz CT molecular complexity index is 1240. The van der Waals surface area contributed by atoms with E-state index in [9.17, 15) is 22.0 Å². The van der Waals surface area contributed by atoms with Crippen molar-refractivity contribution in [2.24, 2.45) is 0 Å². The number of hydrogen-bond donors (Lipinski definition) is 1. The van der Waals surface area contributed by atoms with Crippen LogP contribution < -0.4 is 5.43 Å². The summed E-state index contributed by atoms with van der Waals surface area (Å²) in [5, 5.41) is 1.27. The van der Waals surface area contributed by atoms with E-state index in [1.165, 1.54) is 0 Å².